The number of halogens is 3. The van der Waals surface area contributed by atoms with Crippen LogP contribution in [0.3, 0.4) is 0 Å². The van der Waals surface area contributed by atoms with Gasteiger partial charge in [0.1, 0.15) is 132 Å². The van der Waals surface area contributed by atoms with Gasteiger partial charge < -0.3 is 164 Å². The summed E-state index contributed by atoms with van der Waals surface area (Å²) in [6, 6.07) is 0.905. The van der Waals surface area contributed by atoms with Gasteiger partial charge >= 0.3 is 17.9 Å². The molecule has 0 radical (unpaired) electrons. The number of hydrogen-bond acceptors (Lipinski definition) is 38. The first-order valence-corrected chi connectivity index (χ1v) is 37.6. The average molecular weight is 1670 g/mol. The minimum atomic E-state index is -2.07. The maximum absolute atomic E-state index is 14.3. The van der Waals surface area contributed by atoms with Crippen LogP contribution in [0.5, 0.6) is 23.0 Å². The van der Waals surface area contributed by atoms with Gasteiger partial charge in [0.05, 0.1) is 86.4 Å². The number of aliphatic hydroxyl groups excluding tert-OH is 5. The Balaban J connectivity index is 0.644. The third-order valence-corrected chi connectivity index (χ3v) is 23.9. The molecule has 11 aliphatic heterocycles. The second-order valence-electron chi connectivity index (χ2n) is 29.9. The lowest BCUT2D eigenvalue weighted by Crippen LogP contribution is -2.68. The van der Waals surface area contributed by atoms with Gasteiger partial charge in [-0.05, 0) is 66.5 Å². The Hall–Kier alpha value is -4.27. The lowest BCUT2D eigenvalue weighted by Gasteiger charge is -2.50. The molecule has 0 amide bonds. The number of hydrogen-bond donors (Lipinski definition) is 8. The van der Waals surface area contributed by atoms with Crippen LogP contribution in [-0.2, 0) is 118 Å². The van der Waals surface area contributed by atoms with E-state index < -0.39 is 254 Å². The van der Waals surface area contributed by atoms with Crippen molar-refractivity contribution < 1.29 is 179 Å². The molecule has 8 N–H and O–H groups in total. The van der Waals surface area contributed by atoms with Crippen LogP contribution < -0.4 is 4.74 Å². The van der Waals surface area contributed by atoms with E-state index in [1.165, 1.54) is 63.2 Å². The van der Waals surface area contributed by atoms with Gasteiger partial charge in [-0.1, -0.05) is 34.8 Å². The standard InChI is InChI=1S/C70H96Cl3NO38/c1-23-39(30(75)15-31(76)41(23)71)61(83)101-35-21-95-70(60-53(35)93-22-94-60)109-36-20-92-63(46(80)52(36)110-70)107-65-56(90-13)45(79)51(34(102-65)19-87-10)105-64-47(81)55(50(88-11)26(4)98-64)106-66-57(82)68(9)59(29(7)99-66)111-69(112-68)17-32(77)48(27(5)108-69)103-37-16-33(100-38-18-67(8,74(85)86)58(91-14)28(6)97-38)49(25(3)96-37)104-62(84)40-24(2)42(72)44(78)43(73)54(40)89-12/h15,25-29,32-38,45-53,55-60,63-66,75-82H,16-22H2,1-14H3/t25-,26-,27-,28+,29-,32-,33-,34-,35+,36+,37+,38?,45+,46-,47-,48-,49-,50+,51-,52-,53+,55-,56+,57-,58+,59-,60-,63+,64+,65+,66+,67+,68-,69?,70-/m1/s1. The maximum atomic E-state index is 14.3. The smallest absolute Gasteiger partial charge is 0.342 e. The fourth-order valence-electron chi connectivity index (χ4n) is 17.0. The Bertz CT molecular complexity index is 3710. The monoisotopic (exact) mass is 1660 g/mol. The van der Waals surface area contributed by atoms with E-state index in [-0.39, 0.29) is 82.5 Å². The number of esters is 2. The number of phenols is 3. The quantitative estimate of drug-likeness (QED) is 0.0503. The minimum Gasteiger partial charge on any atom is -0.507 e. The number of aromatic hydroxyl groups is 3. The van der Waals surface area contributed by atoms with Crippen LogP contribution in [-0.4, -0.2) is 333 Å². The number of carbonyl (C=O) groups excluding carboxylic acids is 2. The Morgan fingerprint density at radius 3 is 1.95 bits per heavy atom. The highest BCUT2D eigenvalue weighted by Gasteiger charge is 2.70. The summed E-state index contributed by atoms with van der Waals surface area (Å²) in [6.45, 7) is 12.5. The van der Waals surface area contributed by atoms with E-state index in [9.17, 15) is 60.6 Å². The van der Waals surface area contributed by atoms with E-state index in [1.807, 2.05) is 0 Å². The second-order valence-corrected chi connectivity index (χ2v) is 31.1. The second kappa shape index (κ2) is 33.5. The number of ether oxygens (including phenoxy) is 26. The first-order valence-electron chi connectivity index (χ1n) is 36.4. The van der Waals surface area contributed by atoms with Crippen LogP contribution in [0.15, 0.2) is 6.07 Å². The molecule has 0 bridgehead atoms. The van der Waals surface area contributed by atoms with Crippen LogP contribution in [0.1, 0.15) is 99.6 Å². The molecule has 42 heteroatoms. The molecular formula is C70H96Cl3NO38. The van der Waals surface area contributed by atoms with E-state index in [2.05, 4.69) is 0 Å². The number of phenolic OH excluding ortho intramolecular Hbond substituents is 3. The van der Waals surface area contributed by atoms with Gasteiger partial charge in [0, 0.05) is 52.8 Å². The summed E-state index contributed by atoms with van der Waals surface area (Å²) in [5.41, 5.74) is -3.85. The molecule has 2 aromatic rings. The van der Waals surface area contributed by atoms with Gasteiger partial charge in [0.25, 0.3) is 11.5 Å². The lowest BCUT2D eigenvalue weighted by atomic mass is 9.85. The van der Waals surface area contributed by atoms with Crippen molar-refractivity contribution in [3.8, 4) is 23.0 Å². The molecule has 630 valence electrons. The zero-order valence-electron chi connectivity index (χ0n) is 63.3. The number of fused-ring (bicyclic) bond motifs is 4. The van der Waals surface area contributed by atoms with Crippen molar-refractivity contribution in [2.24, 2.45) is 0 Å². The summed E-state index contributed by atoms with van der Waals surface area (Å²) in [6.07, 6.45) is -41.2. The fourth-order valence-corrected chi connectivity index (χ4v) is 17.7. The number of methoxy groups -OCH3 is 5. The largest absolute Gasteiger partial charge is 0.507 e. The molecule has 13 rings (SSSR count). The van der Waals surface area contributed by atoms with Crippen LogP contribution in [0.25, 0.3) is 0 Å². The van der Waals surface area contributed by atoms with Gasteiger partial charge in [-0.2, -0.15) is 0 Å². The molecule has 39 nitrogen and oxygen atoms in total. The van der Waals surface area contributed by atoms with Crippen molar-refractivity contribution in [2.75, 3.05) is 62.2 Å². The zero-order chi connectivity index (χ0) is 81.0. The third-order valence-electron chi connectivity index (χ3n) is 22.7. The molecule has 2 aromatic carbocycles. The highest BCUT2D eigenvalue weighted by molar-refractivity contribution is 6.39. The number of carbonyl (C=O) groups is 2. The van der Waals surface area contributed by atoms with E-state index in [0.29, 0.717) is 0 Å². The van der Waals surface area contributed by atoms with Crippen LogP contribution in [0, 0.1) is 24.0 Å². The van der Waals surface area contributed by atoms with E-state index in [4.69, 9.17) is 158 Å². The van der Waals surface area contributed by atoms with Gasteiger partial charge in [-0.3, -0.25) is 10.1 Å². The molecule has 2 unspecified atom stereocenters. The summed E-state index contributed by atoms with van der Waals surface area (Å²) in [5, 5.41) is 104. The molecule has 2 spiro atoms. The first-order chi connectivity index (χ1) is 53.0. The van der Waals surface area contributed by atoms with Gasteiger partial charge in [-0.15, -0.1) is 0 Å². The summed E-state index contributed by atoms with van der Waals surface area (Å²) in [5.74, 6) is -7.91. The Morgan fingerprint density at radius 2 is 1.27 bits per heavy atom. The maximum Gasteiger partial charge on any atom is 0.342 e. The van der Waals surface area contributed by atoms with Crippen molar-refractivity contribution in [3.05, 3.63) is 53.5 Å². The summed E-state index contributed by atoms with van der Waals surface area (Å²) < 4.78 is 160. The van der Waals surface area contributed by atoms with E-state index >= 15 is 0 Å². The third kappa shape index (κ3) is 15.5. The van der Waals surface area contributed by atoms with Crippen LogP contribution in [0.4, 0.5) is 0 Å². The first kappa shape index (κ1) is 85.6. The molecule has 35 atom stereocenters. The average Bonchev–Trinajstić information content (AvgIpc) is 1.56. The normalized spacial score (nSPS) is 45.4. The summed E-state index contributed by atoms with van der Waals surface area (Å²) in [7, 11) is 6.51. The topological polar surface area (TPSA) is 479 Å². The molecule has 0 aromatic heterocycles. The lowest BCUT2D eigenvalue weighted by molar-refractivity contribution is -0.595. The number of rotatable bonds is 21. The molecule has 11 aliphatic rings. The van der Waals surface area contributed by atoms with Crippen molar-refractivity contribution in [2.45, 2.75) is 295 Å². The van der Waals surface area contributed by atoms with Crippen molar-refractivity contribution in [1.82, 2.24) is 0 Å². The van der Waals surface area contributed by atoms with Crippen molar-refractivity contribution in [1.29, 1.82) is 0 Å². The van der Waals surface area contributed by atoms with E-state index in [1.54, 1.807) is 34.6 Å². The van der Waals surface area contributed by atoms with Gasteiger partial charge in [0.15, 0.2) is 73.7 Å². The Labute approximate surface area is 656 Å². The molecular weight excluding hydrogens is 1570 g/mol. The minimum absolute atomic E-state index is 0.0560. The Morgan fingerprint density at radius 1 is 0.589 bits per heavy atom. The fraction of sp³-hybridized carbons (Fsp3) is 0.800. The van der Waals surface area contributed by atoms with Gasteiger partial charge in [-0.25, -0.2) is 9.59 Å². The number of aliphatic hydroxyl groups is 5. The highest BCUT2D eigenvalue weighted by atomic mass is 35.5. The zero-order valence-corrected chi connectivity index (χ0v) is 65.6. The molecule has 11 saturated heterocycles. The molecule has 11 heterocycles. The highest BCUT2D eigenvalue weighted by Crippen LogP contribution is 2.53. The SMILES string of the molecule is COC[C@H]1O[C@@H](O[C@@H]2OC[C@@H]3O[C@@]4(OC[C@H](OC(=O)c5c(O)cc(O)c(Cl)c5C)[C@@H]5OCO[C@H]54)O[C@H]3[C@H]2O)[C@@H](OC)[C@@H](O)[C@@H]1O[C@@H]1O[C@H](C)[C@H](OC)[C@H](O[C@@H]2O[C@H](C)[C@H]3OC4(C[C@@H](O)[C@H](O[C@H]5C[C@@H](OC6C[C@](C)([N+](=O)[O-])[C@@H](OC)[C@H](C)O6)[C@H](OC(=O)c6c(C)c(Cl)c(O)c(Cl)c6OC)[C@@H](C)O5)[C@@H](C)O4)O[C@]3(C)[C@@H]2O)[C@H]1O. The van der Waals surface area contributed by atoms with Crippen molar-refractivity contribution >= 4 is 46.7 Å². The molecule has 0 aliphatic carbocycles. The molecule has 11 fully saturated rings. The van der Waals surface area contributed by atoms with E-state index in [0.717, 1.165) is 6.07 Å². The van der Waals surface area contributed by atoms with Crippen LogP contribution >= 0.6 is 34.8 Å². The number of nitro groups is 1. The predicted molar refractivity (Wildman–Crippen MR) is 368 cm³/mol. The van der Waals surface area contributed by atoms with Crippen molar-refractivity contribution in [3.63, 3.8) is 0 Å². The number of benzene rings is 2. The summed E-state index contributed by atoms with van der Waals surface area (Å²) >= 11 is 18.9. The Kier molecular flexibility index (Phi) is 25.6. The number of nitrogens with zero attached hydrogens (tertiary/aromatic N) is 1. The summed E-state index contributed by atoms with van der Waals surface area (Å²) in [4.78, 5) is 39.9. The molecule has 112 heavy (non-hydrogen) atoms. The predicted octanol–water partition coefficient (Wildman–Crippen LogP) is 1.92. The molecule has 0 saturated carbocycles. The van der Waals surface area contributed by atoms with Gasteiger partial charge in [0.2, 0.25) is 0 Å². The van der Waals surface area contributed by atoms with Crippen LogP contribution in [0.2, 0.25) is 15.1 Å².